The third-order valence-corrected chi connectivity index (χ3v) is 2.15. The van der Waals surface area contributed by atoms with E-state index in [4.69, 9.17) is 16.3 Å². The van der Waals surface area contributed by atoms with Gasteiger partial charge in [0.1, 0.15) is 12.0 Å². The van der Waals surface area contributed by atoms with Crippen LogP contribution in [0.15, 0.2) is 23.5 Å². The van der Waals surface area contributed by atoms with Gasteiger partial charge >= 0.3 is 0 Å². The zero-order valence-electron chi connectivity index (χ0n) is 10.3. The van der Waals surface area contributed by atoms with E-state index in [1.807, 2.05) is 13.0 Å². The van der Waals surface area contributed by atoms with E-state index in [2.05, 4.69) is 19.9 Å². The second-order valence-electron chi connectivity index (χ2n) is 3.50. The maximum absolute atomic E-state index is 10.2. The summed E-state index contributed by atoms with van der Waals surface area (Å²) in [5, 5.41) is -0.0713. The SMILES string of the molecule is CC/C=C(CC)\C(=C/C(C)Cl)OCCC=O. The number of aldehydes is 1. The van der Waals surface area contributed by atoms with Crippen molar-refractivity contribution in [1.29, 1.82) is 0 Å². The molecular formula is C13H21ClO2. The molecule has 1 atom stereocenters. The summed E-state index contributed by atoms with van der Waals surface area (Å²) in [7, 11) is 0. The molecule has 0 heterocycles. The number of carbonyl (C=O) groups excluding carboxylic acids is 1. The lowest BCUT2D eigenvalue weighted by Gasteiger charge is -2.13. The second-order valence-corrected chi connectivity index (χ2v) is 4.19. The molecule has 92 valence electrons. The highest BCUT2D eigenvalue weighted by Crippen LogP contribution is 2.18. The van der Waals surface area contributed by atoms with Crippen LogP contribution in [0.4, 0.5) is 0 Å². The first-order chi connectivity index (χ1) is 7.65. The largest absolute Gasteiger partial charge is 0.493 e. The Bertz CT molecular complexity index is 255. The number of hydrogen-bond acceptors (Lipinski definition) is 2. The maximum atomic E-state index is 10.2. The predicted octanol–water partition coefficient (Wildman–Crippen LogP) is 3.85. The van der Waals surface area contributed by atoms with E-state index in [1.54, 1.807) is 0 Å². The second kappa shape index (κ2) is 9.46. The molecule has 0 radical (unpaired) electrons. The van der Waals surface area contributed by atoms with E-state index in [1.165, 1.54) is 0 Å². The van der Waals surface area contributed by atoms with Gasteiger partial charge in [0, 0.05) is 6.42 Å². The summed E-state index contributed by atoms with van der Waals surface area (Å²) in [6.45, 7) is 6.48. The smallest absolute Gasteiger partial charge is 0.123 e. The lowest BCUT2D eigenvalue weighted by Crippen LogP contribution is -2.01. The Morgan fingerprint density at radius 2 is 2.12 bits per heavy atom. The first kappa shape index (κ1) is 15.2. The molecule has 0 aromatic heterocycles. The van der Waals surface area contributed by atoms with Gasteiger partial charge in [-0.05, 0) is 31.4 Å². The van der Waals surface area contributed by atoms with Crippen molar-refractivity contribution in [3.63, 3.8) is 0 Å². The van der Waals surface area contributed by atoms with Gasteiger partial charge in [-0.3, -0.25) is 0 Å². The lowest BCUT2D eigenvalue weighted by molar-refractivity contribution is -0.108. The molecule has 1 unspecified atom stereocenters. The van der Waals surface area contributed by atoms with Crippen LogP contribution in [-0.4, -0.2) is 18.3 Å². The number of rotatable bonds is 8. The minimum absolute atomic E-state index is 0.0713. The molecule has 0 amide bonds. The zero-order valence-corrected chi connectivity index (χ0v) is 11.1. The third-order valence-electron chi connectivity index (χ3n) is 2.02. The lowest BCUT2D eigenvalue weighted by atomic mass is 10.1. The summed E-state index contributed by atoms with van der Waals surface area (Å²) in [5.74, 6) is 0.814. The minimum Gasteiger partial charge on any atom is -0.493 e. The molecule has 0 aliphatic carbocycles. The van der Waals surface area contributed by atoms with E-state index in [9.17, 15) is 4.79 Å². The molecule has 0 fully saturated rings. The molecule has 0 bridgehead atoms. The van der Waals surface area contributed by atoms with Crippen LogP contribution >= 0.6 is 11.6 Å². The molecule has 0 aliphatic rings. The molecule has 16 heavy (non-hydrogen) atoms. The van der Waals surface area contributed by atoms with E-state index in [0.717, 1.165) is 30.5 Å². The van der Waals surface area contributed by atoms with Crippen LogP contribution in [0.1, 0.15) is 40.0 Å². The fraction of sp³-hybridized carbons (Fsp3) is 0.615. The molecule has 2 nitrogen and oxygen atoms in total. The Balaban J connectivity index is 4.64. The predicted molar refractivity (Wildman–Crippen MR) is 68.7 cm³/mol. The zero-order chi connectivity index (χ0) is 12.4. The van der Waals surface area contributed by atoms with Gasteiger partial charge in [0.15, 0.2) is 0 Å². The molecule has 0 aromatic carbocycles. The molecule has 0 aromatic rings. The molecular weight excluding hydrogens is 224 g/mol. The van der Waals surface area contributed by atoms with Crippen molar-refractivity contribution in [3.8, 4) is 0 Å². The average Bonchev–Trinajstić information content (AvgIpc) is 2.24. The summed E-state index contributed by atoms with van der Waals surface area (Å²) < 4.78 is 5.58. The van der Waals surface area contributed by atoms with Crippen molar-refractivity contribution in [2.45, 2.75) is 45.4 Å². The number of carbonyl (C=O) groups is 1. The van der Waals surface area contributed by atoms with Crippen LogP contribution in [0.25, 0.3) is 0 Å². The Kier molecular flexibility index (Phi) is 9.02. The van der Waals surface area contributed by atoms with Gasteiger partial charge in [0.25, 0.3) is 0 Å². The Morgan fingerprint density at radius 3 is 2.56 bits per heavy atom. The topological polar surface area (TPSA) is 26.3 Å². The van der Waals surface area contributed by atoms with E-state index in [0.29, 0.717) is 13.0 Å². The minimum atomic E-state index is -0.0713. The van der Waals surface area contributed by atoms with Crippen LogP contribution in [0, 0.1) is 0 Å². The van der Waals surface area contributed by atoms with Gasteiger partial charge in [0.2, 0.25) is 0 Å². The van der Waals surface area contributed by atoms with Crippen molar-refractivity contribution >= 4 is 17.9 Å². The summed E-state index contributed by atoms with van der Waals surface area (Å²) in [4.78, 5) is 10.2. The fourth-order valence-corrected chi connectivity index (χ4v) is 1.45. The number of alkyl halides is 1. The van der Waals surface area contributed by atoms with Crippen molar-refractivity contribution in [3.05, 3.63) is 23.5 Å². The van der Waals surface area contributed by atoms with Crippen molar-refractivity contribution in [2.75, 3.05) is 6.61 Å². The molecule has 0 rings (SSSR count). The van der Waals surface area contributed by atoms with Crippen molar-refractivity contribution < 1.29 is 9.53 Å². The monoisotopic (exact) mass is 244 g/mol. The van der Waals surface area contributed by atoms with E-state index >= 15 is 0 Å². The van der Waals surface area contributed by atoms with Crippen LogP contribution in [-0.2, 0) is 9.53 Å². The van der Waals surface area contributed by atoms with Crippen LogP contribution < -0.4 is 0 Å². The highest BCUT2D eigenvalue weighted by molar-refractivity contribution is 6.21. The Hall–Kier alpha value is -0.760. The summed E-state index contributed by atoms with van der Waals surface area (Å²) in [5.41, 5.74) is 1.15. The van der Waals surface area contributed by atoms with Gasteiger partial charge in [-0.2, -0.15) is 0 Å². The standard InChI is InChI=1S/C13H21ClO2/c1-4-7-12(5-2)13(10-11(3)14)16-9-6-8-15/h7-8,10-11H,4-6,9H2,1-3H3/b12-7-,13-10+. The Labute approximate surface area is 103 Å². The number of allylic oxidation sites excluding steroid dienone is 3. The van der Waals surface area contributed by atoms with Crippen molar-refractivity contribution in [1.82, 2.24) is 0 Å². The van der Waals surface area contributed by atoms with Gasteiger partial charge in [0.05, 0.1) is 12.0 Å². The molecule has 0 N–H and O–H groups in total. The highest BCUT2D eigenvalue weighted by atomic mass is 35.5. The summed E-state index contributed by atoms with van der Waals surface area (Å²) in [6.07, 6.45) is 7.16. The first-order valence-corrected chi connectivity index (χ1v) is 6.21. The fourth-order valence-electron chi connectivity index (χ4n) is 1.34. The van der Waals surface area contributed by atoms with Gasteiger partial charge in [-0.1, -0.05) is 19.9 Å². The van der Waals surface area contributed by atoms with Gasteiger partial charge in [-0.25, -0.2) is 0 Å². The van der Waals surface area contributed by atoms with E-state index < -0.39 is 0 Å². The molecule has 0 spiro atoms. The highest BCUT2D eigenvalue weighted by Gasteiger charge is 2.06. The average molecular weight is 245 g/mol. The van der Waals surface area contributed by atoms with E-state index in [-0.39, 0.29) is 5.38 Å². The number of halogens is 1. The van der Waals surface area contributed by atoms with Gasteiger partial charge in [-0.15, -0.1) is 11.6 Å². The van der Waals surface area contributed by atoms with Crippen LogP contribution in [0.2, 0.25) is 0 Å². The Morgan fingerprint density at radius 1 is 1.44 bits per heavy atom. The quantitative estimate of drug-likeness (QED) is 0.213. The molecule has 0 saturated heterocycles. The van der Waals surface area contributed by atoms with Gasteiger partial charge < -0.3 is 9.53 Å². The molecule has 0 aliphatic heterocycles. The van der Waals surface area contributed by atoms with Crippen LogP contribution in [0.5, 0.6) is 0 Å². The third kappa shape index (κ3) is 6.67. The number of hydrogen-bond donors (Lipinski definition) is 0. The normalized spacial score (nSPS) is 14.8. The van der Waals surface area contributed by atoms with Crippen LogP contribution in [0.3, 0.4) is 0 Å². The molecule has 0 saturated carbocycles. The summed E-state index contributed by atoms with van der Waals surface area (Å²) in [6, 6.07) is 0. The first-order valence-electron chi connectivity index (χ1n) is 5.77. The molecule has 3 heteroatoms. The number of ether oxygens (including phenoxy) is 1. The summed E-state index contributed by atoms with van der Waals surface area (Å²) >= 11 is 5.93. The maximum Gasteiger partial charge on any atom is 0.123 e. The van der Waals surface area contributed by atoms with Crippen molar-refractivity contribution in [2.24, 2.45) is 0 Å².